The Labute approximate surface area is 143 Å². The van der Waals surface area contributed by atoms with E-state index in [0.29, 0.717) is 11.6 Å². The molecule has 7 heteroatoms. The second kappa shape index (κ2) is 5.62. The Hall–Kier alpha value is -3.35. The summed E-state index contributed by atoms with van der Waals surface area (Å²) in [5.74, 6) is 1.51. The number of methoxy groups -OCH3 is 1. The molecule has 0 aromatic carbocycles. The highest BCUT2D eigenvalue weighted by Crippen LogP contribution is 2.36. The molecule has 25 heavy (non-hydrogen) atoms. The molecule has 2 N–H and O–H groups in total. The third-order valence-corrected chi connectivity index (χ3v) is 4.30. The zero-order chi connectivity index (χ0) is 17.6. The molecule has 126 valence electrons. The minimum absolute atomic E-state index is 0.150. The molecule has 0 bridgehead atoms. The van der Waals surface area contributed by atoms with Crippen LogP contribution < -0.4 is 4.74 Å². The molecule has 4 aromatic heterocycles. The van der Waals surface area contributed by atoms with Crippen molar-refractivity contribution in [1.82, 2.24) is 24.7 Å². The van der Waals surface area contributed by atoms with E-state index in [9.17, 15) is 5.11 Å². The quantitative estimate of drug-likeness (QED) is 0.600. The van der Waals surface area contributed by atoms with E-state index in [-0.39, 0.29) is 5.88 Å². The van der Waals surface area contributed by atoms with Gasteiger partial charge in [-0.05, 0) is 31.5 Å². The number of aromatic hydroxyl groups is 1. The Morgan fingerprint density at radius 3 is 2.76 bits per heavy atom. The van der Waals surface area contributed by atoms with Crippen LogP contribution in [0.1, 0.15) is 11.3 Å². The van der Waals surface area contributed by atoms with Gasteiger partial charge in [-0.2, -0.15) is 5.10 Å². The Kier molecular flexibility index (Phi) is 3.42. The van der Waals surface area contributed by atoms with Gasteiger partial charge in [0, 0.05) is 17.8 Å². The molecule has 0 saturated heterocycles. The first-order valence-electron chi connectivity index (χ1n) is 7.81. The van der Waals surface area contributed by atoms with Crippen LogP contribution in [-0.2, 0) is 0 Å². The van der Waals surface area contributed by atoms with Crippen LogP contribution in [-0.4, -0.2) is 36.9 Å². The largest absolute Gasteiger partial charge is 0.495 e. The zero-order valence-electron chi connectivity index (χ0n) is 14.1. The molecule has 4 rings (SSSR count). The van der Waals surface area contributed by atoms with Crippen LogP contribution in [0.15, 0.2) is 36.8 Å². The molecule has 0 unspecified atom stereocenters. The van der Waals surface area contributed by atoms with Gasteiger partial charge in [-0.1, -0.05) is 0 Å². The number of aromatic nitrogens is 5. The number of fused-ring (bicyclic) bond motifs is 1. The fourth-order valence-electron chi connectivity index (χ4n) is 3.08. The number of aryl methyl sites for hydroxylation is 2. The molecule has 0 spiro atoms. The number of rotatable bonds is 3. The maximum atomic E-state index is 10.7. The van der Waals surface area contributed by atoms with E-state index >= 15 is 0 Å². The molecule has 0 amide bonds. The van der Waals surface area contributed by atoms with Gasteiger partial charge in [0.25, 0.3) is 0 Å². The highest BCUT2D eigenvalue weighted by atomic mass is 16.5. The topological polar surface area (TPSA) is 88.9 Å². The monoisotopic (exact) mass is 335 g/mol. The molecular weight excluding hydrogens is 318 g/mol. The van der Waals surface area contributed by atoms with Crippen molar-refractivity contribution in [2.75, 3.05) is 7.11 Å². The van der Waals surface area contributed by atoms with Crippen molar-refractivity contribution in [3.63, 3.8) is 0 Å². The van der Waals surface area contributed by atoms with E-state index in [1.54, 1.807) is 36.3 Å². The number of pyridine rings is 2. The van der Waals surface area contributed by atoms with Crippen LogP contribution in [0.4, 0.5) is 0 Å². The summed E-state index contributed by atoms with van der Waals surface area (Å²) in [6.07, 6.45) is 5.05. The van der Waals surface area contributed by atoms with Crippen molar-refractivity contribution in [3.05, 3.63) is 48.0 Å². The molecule has 0 atom stereocenters. The average molecular weight is 335 g/mol. The van der Waals surface area contributed by atoms with Crippen LogP contribution in [0.3, 0.4) is 0 Å². The number of ether oxygens (including phenoxy) is 1. The third-order valence-electron chi connectivity index (χ3n) is 4.30. The maximum Gasteiger partial charge on any atom is 0.207 e. The number of nitrogens with zero attached hydrogens (tertiary/aromatic N) is 4. The van der Waals surface area contributed by atoms with Crippen LogP contribution in [0, 0.1) is 13.8 Å². The van der Waals surface area contributed by atoms with E-state index in [1.165, 1.54) is 0 Å². The van der Waals surface area contributed by atoms with Gasteiger partial charge in [-0.15, -0.1) is 0 Å². The Morgan fingerprint density at radius 2 is 2.04 bits per heavy atom. The molecule has 0 aliphatic rings. The second-order valence-electron chi connectivity index (χ2n) is 5.85. The first kappa shape index (κ1) is 15.2. The first-order valence-corrected chi connectivity index (χ1v) is 7.81. The highest BCUT2D eigenvalue weighted by Gasteiger charge is 2.20. The summed E-state index contributed by atoms with van der Waals surface area (Å²) in [5, 5.41) is 18.3. The van der Waals surface area contributed by atoms with Gasteiger partial charge in [-0.3, -0.25) is 14.6 Å². The van der Waals surface area contributed by atoms with Gasteiger partial charge in [0.15, 0.2) is 0 Å². The van der Waals surface area contributed by atoms with E-state index in [0.717, 1.165) is 33.4 Å². The predicted molar refractivity (Wildman–Crippen MR) is 94.1 cm³/mol. The fraction of sp³-hybridized carbons (Fsp3) is 0.167. The second-order valence-corrected chi connectivity index (χ2v) is 5.85. The standard InChI is InChI=1S/C18H17N5O2/c1-10-6-14(12-7-13(25-3)9-19-8-12)21-17-11(2)23(18(24)16(10)17)15-4-5-20-22-15/h4-9,24H,1-3H3,(H,20,22). The summed E-state index contributed by atoms with van der Waals surface area (Å²) in [4.78, 5) is 8.96. The number of H-pyrrole nitrogens is 1. The molecule has 0 aliphatic carbocycles. The molecule has 7 nitrogen and oxygen atoms in total. The van der Waals surface area contributed by atoms with Crippen molar-refractivity contribution < 1.29 is 9.84 Å². The van der Waals surface area contributed by atoms with Gasteiger partial charge < -0.3 is 9.84 Å². The van der Waals surface area contributed by atoms with Crippen LogP contribution in [0.5, 0.6) is 11.6 Å². The zero-order valence-corrected chi connectivity index (χ0v) is 14.1. The normalized spacial score (nSPS) is 11.2. The van der Waals surface area contributed by atoms with Gasteiger partial charge in [0.1, 0.15) is 11.6 Å². The van der Waals surface area contributed by atoms with E-state index < -0.39 is 0 Å². The SMILES string of the molecule is COc1cncc(-c2cc(C)c3c(O)n(-c4ccn[nH]4)c(C)c3n2)c1. The summed E-state index contributed by atoms with van der Waals surface area (Å²) in [5.41, 5.74) is 4.14. The lowest BCUT2D eigenvalue weighted by Crippen LogP contribution is -1.96. The summed E-state index contributed by atoms with van der Waals surface area (Å²) >= 11 is 0. The molecule has 4 aromatic rings. The van der Waals surface area contributed by atoms with Crippen molar-refractivity contribution in [2.45, 2.75) is 13.8 Å². The lowest BCUT2D eigenvalue weighted by atomic mass is 10.1. The Morgan fingerprint density at radius 1 is 1.20 bits per heavy atom. The van der Waals surface area contributed by atoms with Crippen LogP contribution in [0.25, 0.3) is 28.0 Å². The highest BCUT2D eigenvalue weighted by molar-refractivity contribution is 5.93. The van der Waals surface area contributed by atoms with E-state index in [1.807, 2.05) is 26.0 Å². The third kappa shape index (κ3) is 2.32. The summed E-state index contributed by atoms with van der Waals surface area (Å²) in [6, 6.07) is 5.63. The Bertz CT molecular complexity index is 1070. The van der Waals surface area contributed by atoms with E-state index in [2.05, 4.69) is 15.2 Å². The average Bonchev–Trinajstić information content (AvgIpc) is 3.22. The molecular formula is C18H17N5O2. The minimum Gasteiger partial charge on any atom is -0.495 e. The van der Waals surface area contributed by atoms with Crippen molar-refractivity contribution in [1.29, 1.82) is 0 Å². The van der Waals surface area contributed by atoms with Crippen molar-refractivity contribution in [3.8, 4) is 28.7 Å². The number of aromatic amines is 1. The van der Waals surface area contributed by atoms with Gasteiger partial charge in [-0.25, -0.2) is 4.98 Å². The number of hydrogen-bond acceptors (Lipinski definition) is 5. The molecule has 4 heterocycles. The van der Waals surface area contributed by atoms with Crippen LogP contribution in [0.2, 0.25) is 0 Å². The minimum atomic E-state index is 0.150. The van der Waals surface area contributed by atoms with Crippen LogP contribution >= 0.6 is 0 Å². The Balaban J connectivity index is 1.97. The van der Waals surface area contributed by atoms with Crippen molar-refractivity contribution >= 4 is 10.9 Å². The van der Waals surface area contributed by atoms with Crippen molar-refractivity contribution in [2.24, 2.45) is 0 Å². The molecule has 0 aliphatic heterocycles. The van der Waals surface area contributed by atoms with Gasteiger partial charge in [0.05, 0.1) is 41.8 Å². The maximum absolute atomic E-state index is 10.7. The summed E-state index contributed by atoms with van der Waals surface area (Å²) < 4.78 is 6.96. The van der Waals surface area contributed by atoms with Gasteiger partial charge >= 0.3 is 0 Å². The molecule has 0 radical (unpaired) electrons. The first-order chi connectivity index (χ1) is 12.1. The summed E-state index contributed by atoms with van der Waals surface area (Å²) in [6.45, 7) is 3.88. The summed E-state index contributed by atoms with van der Waals surface area (Å²) in [7, 11) is 1.61. The molecule has 0 fully saturated rings. The lowest BCUT2D eigenvalue weighted by molar-refractivity contribution is 0.413. The molecule has 0 saturated carbocycles. The van der Waals surface area contributed by atoms with E-state index in [4.69, 9.17) is 9.72 Å². The smallest absolute Gasteiger partial charge is 0.207 e. The lowest BCUT2D eigenvalue weighted by Gasteiger charge is -2.06. The fourth-order valence-corrected chi connectivity index (χ4v) is 3.08. The predicted octanol–water partition coefficient (Wildman–Crippen LogP) is 3.14. The number of hydrogen-bond donors (Lipinski definition) is 2. The van der Waals surface area contributed by atoms with Gasteiger partial charge in [0.2, 0.25) is 5.88 Å². The number of nitrogens with one attached hydrogen (secondary N) is 1.